The minimum absolute atomic E-state index is 0.556. The first kappa shape index (κ1) is 12.0. The third-order valence-electron chi connectivity index (χ3n) is 3.50. The quantitative estimate of drug-likeness (QED) is 0.888. The minimum atomic E-state index is 0.556. The summed E-state index contributed by atoms with van der Waals surface area (Å²) in [6, 6.07) is 14.9. The molecular formula is C17H17NO. The molecule has 0 aromatic heterocycles. The average molecular weight is 251 g/mol. The maximum absolute atomic E-state index is 5.76. The van der Waals surface area contributed by atoms with Crippen molar-refractivity contribution in [3.05, 3.63) is 59.7 Å². The van der Waals surface area contributed by atoms with Gasteiger partial charge in [-0.25, -0.2) is 0 Å². The van der Waals surface area contributed by atoms with Gasteiger partial charge in [-0.3, -0.25) is 0 Å². The highest BCUT2D eigenvalue weighted by Gasteiger charge is 2.13. The van der Waals surface area contributed by atoms with E-state index >= 15 is 0 Å². The van der Waals surface area contributed by atoms with Crippen LogP contribution in [0.15, 0.2) is 48.5 Å². The highest BCUT2D eigenvalue weighted by molar-refractivity contribution is 5.77. The predicted octanol–water partition coefficient (Wildman–Crippen LogP) is 3.40. The fourth-order valence-corrected chi connectivity index (χ4v) is 2.37. The van der Waals surface area contributed by atoms with Crippen molar-refractivity contribution in [2.75, 3.05) is 13.2 Å². The van der Waals surface area contributed by atoms with Gasteiger partial charge in [-0.2, -0.15) is 0 Å². The number of ether oxygens (including phenoxy) is 1. The molecule has 0 saturated carbocycles. The smallest absolute Gasteiger partial charge is 0.127 e. The van der Waals surface area contributed by atoms with Crippen molar-refractivity contribution in [3.63, 3.8) is 0 Å². The van der Waals surface area contributed by atoms with Gasteiger partial charge in [0.1, 0.15) is 12.4 Å². The SMILES string of the molecule is Cc1ccc(-c2ccc3c(c2)OCC=C3CN)cc1. The molecule has 0 aliphatic carbocycles. The lowest BCUT2D eigenvalue weighted by Crippen LogP contribution is -2.10. The number of nitrogens with two attached hydrogens (primary N) is 1. The van der Waals surface area contributed by atoms with E-state index in [0.717, 1.165) is 16.9 Å². The van der Waals surface area contributed by atoms with E-state index in [-0.39, 0.29) is 0 Å². The van der Waals surface area contributed by atoms with Gasteiger partial charge < -0.3 is 10.5 Å². The molecule has 2 aromatic carbocycles. The van der Waals surface area contributed by atoms with Gasteiger partial charge in [-0.1, -0.05) is 42.0 Å². The lowest BCUT2D eigenvalue weighted by molar-refractivity contribution is 0.357. The van der Waals surface area contributed by atoms with Crippen LogP contribution in [0.3, 0.4) is 0 Å². The number of aryl methyl sites for hydroxylation is 1. The Labute approximate surface area is 113 Å². The van der Waals surface area contributed by atoms with Crippen molar-refractivity contribution >= 4 is 5.57 Å². The summed E-state index contributed by atoms with van der Waals surface area (Å²) in [5, 5.41) is 0. The second-order valence-corrected chi connectivity index (χ2v) is 4.82. The molecular weight excluding hydrogens is 234 g/mol. The van der Waals surface area contributed by atoms with Gasteiger partial charge in [0.15, 0.2) is 0 Å². The molecule has 0 amide bonds. The van der Waals surface area contributed by atoms with E-state index in [1.807, 2.05) is 6.08 Å². The van der Waals surface area contributed by atoms with Crippen LogP contribution in [0.1, 0.15) is 11.1 Å². The van der Waals surface area contributed by atoms with Gasteiger partial charge in [0.25, 0.3) is 0 Å². The van der Waals surface area contributed by atoms with Gasteiger partial charge >= 0.3 is 0 Å². The molecule has 96 valence electrons. The predicted molar refractivity (Wildman–Crippen MR) is 79.1 cm³/mol. The highest BCUT2D eigenvalue weighted by Crippen LogP contribution is 2.33. The van der Waals surface area contributed by atoms with Gasteiger partial charge in [-0.15, -0.1) is 0 Å². The van der Waals surface area contributed by atoms with E-state index < -0.39 is 0 Å². The maximum atomic E-state index is 5.76. The Balaban J connectivity index is 2.02. The molecule has 1 aliphatic rings. The zero-order valence-corrected chi connectivity index (χ0v) is 11.0. The van der Waals surface area contributed by atoms with Crippen LogP contribution in [-0.4, -0.2) is 13.2 Å². The normalized spacial score (nSPS) is 13.5. The molecule has 0 saturated heterocycles. The van der Waals surface area contributed by atoms with Crippen LogP contribution in [0.4, 0.5) is 0 Å². The fourth-order valence-electron chi connectivity index (χ4n) is 2.37. The summed E-state index contributed by atoms with van der Waals surface area (Å²) in [5.41, 5.74) is 11.7. The molecule has 0 atom stereocenters. The monoisotopic (exact) mass is 251 g/mol. The van der Waals surface area contributed by atoms with E-state index in [9.17, 15) is 0 Å². The summed E-state index contributed by atoms with van der Waals surface area (Å²) < 4.78 is 5.71. The van der Waals surface area contributed by atoms with Gasteiger partial charge in [0.05, 0.1) is 0 Å². The summed E-state index contributed by atoms with van der Waals surface area (Å²) in [5.74, 6) is 0.932. The summed E-state index contributed by atoms with van der Waals surface area (Å²) in [4.78, 5) is 0. The molecule has 2 N–H and O–H groups in total. The standard InChI is InChI=1S/C17H17NO/c1-12-2-4-13(5-3-12)14-6-7-16-15(11-18)8-9-19-17(16)10-14/h2-8,10H,9,11,18H2,1H3. The molecule has 2 nitrogen and oxygen atoms in total. The molecule has 0 fully saturated rings. The molecule has 0 radical (unpaired) electrons. The Kier molecular flexibility index (Phi) is 3.10. The molecule has 2 aromatic rings. The Bertz CT molecular complexity index is 626. The molecule has 2 heteroatoms. The lowest BCUT2D eigenvalue weighted by atomic mass is 9.97. The molecule has 0 bridgehead atoms. The number of fused-ring (bicyclic) bond motifs is 1. The van der Waals surface area contributed by atoms with Gasteiger partial charge in [-0.05, 0) is 35.8 Å². The summed E-state index contributed by atoms with van der Waals surface area (Å²) in [7, 11) is 0. The summed E-state index contributed by atoms with van der Waals surface area (Å²) in [6.07, 6.45) is 2.05. The third kappa shape index (κ3) is 2.27. The van der Waals surface area contributed by atoms with Gasteiger partial charge in [0.2, 0.25) is 0 Å². The van der Waals surface area contributed by atoms with Crippen molar-refractivity contribution in [2.24, 2.45) is 5.73 Å². The largest absolute Gasteiger partial charge is 0.489 e. The molecule has 3 rings (SSSR count). The van der Waals surface area contributed by atoms with Crippen LogP contribution in [0.25, 0.3) is 16.7 Å². The molecule has 0 spiro atoms. The Morgan fingerprint density at radius 2 is 1.79 bits per heavy atom. The van der Waals surface area contributed by atoms with Gasteiger partial charge in [0, 0.05) is 12.1 Å². The summed E-state index contributed by atoms with van der Waals surface area (Å²) in [6.45, 7) is 3.26. The summed E-state index contributed by atoms with van der Waals surface area (Å²) >= 11 is 0. The Morgan fingerprint density at radius 3 is 2.53 bits per heavy atom. The van der Waals surface area contributed by atoms with Crippen LogP contribution in [0.5, 0.6) is 5.75 Å². The van der Waals surface area contributed by atoms with Crippen molar-refractivity contribution in [3.8, 4) is 16.9 Å². The van der Waals surface area contributed by atoms with Crippen LogP contribution in [0.2, 0.25) is 0 Å². The second kappa shape index (κ2) is 4.90. The van der Waals surface area contributed by atoms with Crippen LogP contribution in [0, 0.1) is 6.92 Å². The first-order chi connectivity index (χ1) is 9.28. The molecule has 1 aliphatic heterocycles. The Hall–Kier alpha value is -2.06. The second-order valence-electron chi connectivity index (χ2n) is 4.82. The first-order valence-corrected chi connectivity index (χ1v) is 6.51. The number of benzene rings is 2. The van der Waals surface area contributed by atoms with E-state index in [1.165, 1.54) is 16.7 Å². The molecule has 1 heterocycles. The van der Waals surface area contributed by atoms with E-state index in [0.29, 0.717) is 13.2 Å². The van der Waals surface area contributed by atoms with E-state index in [4.69, 9.17) is 10.5 Å². The van der Waals surface area contributed by atoms with Crippen molar-refractivity contribution < 1.29 is 4.74 Å². The molecule has 19 heavy (non-hydrogen) atoms. The van der Waals surface area contributed by atoms with Crippen LogP contribution < -0.4 is 10.5 Å². The van der Waals surface area contributed by atoms with E-state index in [2.05, 4.69) is 49.4 Å². The first-order valence-electron chi connectivity index (χ1n) is 6.51. The maximum Gasteiger partial charge on any atom is 0.127 e. The average Bonchev–Trinajstić information content (AvgIpc) is 2.47. The lowest BCUT2D eigenvalue weighted by Gasteiger charge is -2.18. The minimum Gasteiger partial charge on any atom is -0.489 e. The van der Waals surface area contributed by atoms with Crippen LogP contribution >= 0.6 is 0 Å². The Morgan fingerprint density at radius 1 is 1.05 bits per heavy atom. The fraction of sp³-hybridized carbons (Fsp3) is 0.176. The zero-order chi connectivity index (χ0) is 13.2. The number of hydrogen-bond donors (Lipinski definition) is 1. The highest BCUT2D eigenvalue weighted by atomic mass is 16.5. The van der Waals surface area contributed by atoms with Crippen molar-refractivity contribution in [1.29, 1.82) is 0 Å². The number of rotatable bonds is 2. The van der Waals surface area contributed by atoms with Crippen molar-refractivity contribution in [1.82, 2.24) is 0 Å². The van der Waals surface area contributed by atoms with E-state index in [1.54, 1.807) is 0 Å². The topological polar surface area (TPSA) is 35.2 Å². The van der Waals surface area contributed by atoms with Crippen LogP contribution in [-0.2, 0) is 0 Å². The molecule has 0 unspecified atom stereocenters. The van der Waals surface area contributed by atoms with Crippen molar-refractivity contribution in [2.45, 2.75) is 6.92 Å². The third-order valence-corrected chi connectivity index (χ3v) is 3.50. The number of hydrogen-bond acceptors (Lipinski definition) is 2. The zero-order valence-electron chi connectivity index (χ0n) is 11.0.